The van der Waals surface area contributed by atoms with Crippen LogP contribution in [0.25, 0.3) is 44.3 Å². The summed E-state index contributed by atoms with van der Waals surface area (Å²) in [6.45, 7) is 0. The Morgan fingerprint density at radius 3 is 2.61 bits per heavy atom. The number of carbonyl (C=O) groups excluding carboxylic acids is 1. The lowest BCUT2D eigenvalue weighted by Crippen LogP contribution is -2.14. The number of fused-ring (bicyclic) bond motifs is 2. The van der Waals surface area contributed by atoms with Crippen molar-refractivity contribution in [2.45, 2.75) is 0 Å². The van der Waals surface area contributed by atoms with Crippen molar-refractivity contribution in [2.24, 2.45) is 19.8 Å². The molecule has 2 aromatic carbocycles. The van der Waals surface area contributed by atoms with Gasteiger partial charge in [0.15, 0.2) is 0 Å². The molecule has 0 spiro atoms. The summed E-state index contributed by atoms with van der Waals surface area (Å²) in [5.41, 5.74) is 13.2. The standard InChI is InChI=1S/C27H22N8O/c1-34-10-6-16-3-4-17(11-23(16)34)21-12-19(13-22-25(21)31-9-8-29-22)33-26-20(27(28)36)5-7-30-24(26)18-14-32-35(2)15-18/h3-15,33H,1-2H3,(H2,28,36). The molecule has 3 N–H and O–H groups in total. The van der Waals surface area contributed by atoms with Crippen molar-refractivity contribution in [2.75, 3.05) is 5.32 Å². The van der Waals surface area contributed by atoms with Crippen molar-refractivity contribution >= 4 is 39.2 Å². The number of benzene rings is 2. The third-order valence-electron chi connectivity index (χ3n) is 6.24. The van der Waals surface area contributed by atoms with Crippen LogP contribution < -0.4 is 11.1 Å². The Morgan fingerprint density at radius 1 is 0.944 bits per heavy atom. The van der Waals surface area contributed by atoms with Crippen LogP contribution in [0.4, 0.5) is 11.4 Å². The van der Waals surface area contributed by atoms with Crippen LogP contribution in [0.5, 0.6) is 0 Å². The second-order valence-electron chi connectivity index (χ2n) is 8.62. The van der Waals surface area contributed by atoms with Crippen LogP contribution in [-0.4, -0.2) is 35.2 Å². The number of amides is 1. The van der Waals surface area contributed by atoms with Gasteiger partial charge in [-0.2, -0.15) is 5.10 Å². The molecule has 0 unspecified atom stereocenters. The normalized spacial score (nSPS) is 11.3. The van der Waals surface area contributed by atoms with Gasteiger partial charge in [-0.05, 0) is 41.3 Å². The molecule has 9 nitrogen and oxygen atoms in total. The molecule has 6 aromatic rings. The molecule has 6 rings (SSSR count). The molecule has 4 aromatic heterocycles. The number of hydrogen-bond acceptors (Lipinski definition) is 6. The maximum absolute atomic E-state index is 12.3. The highest BCUT2D eigenvalue weighted by Crippen LogP contribution is 2.36. The lowest BCUT2D eigenvalue weighted by atomic mass is 10.0. The van der Waals surface area contributed by atoms with E-state index in [2.05, 4.69) is 54.2 Å². The minimum atomic E-state index is -0.556. The van der Waals surface area contributed by atoms with E-state index in [1.54, 1.807) is 35.5 Å². The zero-order valence-corrected chi connectivity index (χ0v) is 19.7. The van der Waals surface area contributed by atoms with E-state index in [4.69, 9.17) is 5.73 Å². The summed E-state index contributed by atoms with van der Waals surface area (Å²) in [5, 5.41) is 8.81. The monoisotopic (exact) mass is 474 g/mol. The van der Waals surface area contributed by atoms with Crippen molar-refractivity contribution in [1.82, 2.24) is 29.3 Å². The maximum Gasteiger partial charge on any atom is 0.250 e. The average molecular weight is 475 g/mol. The second-order valence-corrected chi connectivity index (χ2v) is 8.62. The first-order valence-corrected chi connectivity index (χ1v) is 11.3. The van der Waals surface area contributed by atoms with Gasteiger partial charge in [0, 0.05) is 67.4 Å². The van der Waals surface area contributed by atoms with Gasteiger partial charge < -0.3 is 15.6 Å². The third-order valence-corrected chi connectivity index (χ3v) is 6.24. The van der Waals surface area contributed by atoms with Gasteiger partial charge in [-0.3, -0.25) is 24.4 Å². The number of rotatable bonds is 5. The summed E-state index contributed by atoms with van der Waals surface area (Å²) in [6.07, 6.45) is 10.5. The van der Waals surface area contributed by atoms with E-state index in [0.717, 1.165) is 44.3 Å². The highest BCUT2D eigenvalue weighted by Gasteiger charge is 2.18. The molecule has 0 aliphatic heterocycles. The van der Waals surface area contributed by atoms with Gasteiger partial charge in [-0.1, -0.05) is 12.1 Å². The first kappa shape index (κ1) is 21.5. The van der Waals surface area contributed by atoms with Gasteiger partial charge in [0.1, 0.15) is 0 Å². The quantitative estimate of drug-likeness (QED) is 0.382. The Labute approximate surface area is 206 Å². The van der Waals surface area contributed by atoms with Crippen molar-refractivity contribution in [1.29, 1.82) is 0 Å². The summed E-state index contributed by atoms with van der Waals surface area (Å²) in [5.74, 6) is -0.556. The fraction of sp³-hybridized carbons (Fsp3) is 0.0741. The van der Waals surface area contributed by atoms with E-state index in [1.807, 2.05) is 38.6 Å². The van der Waals surface area contributed by atoms with E-state index >= 15 is 0 Å². The molecule has 0 radical (unpaired) electrons. The topological polar surface area (TPSA) is 117 Å². The zero-order chi connectivity index (χ0) is 24.8. The molecular weight excluding hydrogens is 452 g/mol. The molecule has 0 aliphatic carbocycles. The SMILES string of the molecule is Cn1cc(-c2nccc(C(N)=O)c2Nc2cc(-c3ccc4ccn(C)c4c3)c3nccnc3c2)cn1. The smallest absolute Gasteiger partial charge is 0.250 e. The van der Waals surface area contributed by atoms with Gasteiger partial charge >= 0.3 is 0 Å². The van der Waals surface area contributed by atoms with Crippen molar-refractivity contribution < 1.29 is 4.79 Å². The Hall–Kier alpha value is -5.05. The summed E-state index contributed by atoms with van der Waals surface area (Å²) in [7, 11) is 3.85. The number of aryl methyl sites for hydroxylation is 2. The minimum absolute atomic E-state index is 0.329. The highest BCUT2D eigenvalue weighted by molar-refractivity contribution is 6.03. The molecule has 176 valence electrons. The molecule has 0 fully saturated rings. The zero-order valence-electron chi connectivity index (χ0n) is 19.7. The van der Waals surface area contributed by atoms with E-state index in [0.29, 0.717) is 16.9 Å². The average Bonchev–Trinajstić information content (AvgIpc) is 3.48. The van der Waals surface area contributed by atoms with Gasteiger partial charge in [-0.15, -0.1) is 0 Å². The fourth-order valence-corrected chi connectivity index (χ4v) is 4.50. The molecule has 0 bridgehead atoms. The van der Waals surface area contributed by atoms with Crippen LogP contribution >= 0.6 is 0 Å². The minimum Gasteiger partial charge on any atom is -0.366 e. The molecule has 0 aliphatic rings. The molecule has 0 saturated heterocycles. The Balaban J connectivity index is 1.54. The number of hydrogen-bond donors (Lipinski definition) is 2. The molecule has 4 heterocycles. The molecular formula is C27H22N8O. The second kappa shape index (κ2) is 8.31. The highest BCUT2D eigenvalue weighted by atomic mass is 16.1. The molecule has 36 heavy (non-hydrogen) atoms. The van der Waals surface area contributed by atoms with Crippen LogP contribution in [-0.2, 0) is 14.1 Å². The molecule has 0 saturated carbocycles. The number of nitrogens with one attached hydrogen (secondary N) is 1. The Bertz CT molecular complexity index is 1780. The number of aromatic nitrogens is 6. The van der Waals surface area contributed by atoms with Crippen LogP contribution in [0.1, 0.15) is 10.4 Å². The van der Waals surface area contributed by atoms with Gasteiger partial charge in [0.2, 0.25) is 0 Å². The summed E-state index contributed by atoms with van der Waals surface area (Å²) >= 11 is 0. The first-order chi connectivity index (χ1) is 17.5. The van der Waals surface area contributed by atoms with Crippen molar-refractivity contribution in [3.8, 4) is 22.4 Å². The molecule has 0 atom stereocenters. The van der Waals surface area contributed by atoms with Crippen LogP contribution in [0, 0.1) is 0 Å². The van der Waals surface area contributed by atoms with E-state index in [1.165, 1.54) is 0 Å². The molecule has 1 amide bonds. The van der Waals surface area contributed by atoms with Gasteiger partial charge in [0.25, 0.3) is 5.91 Å². The molecule has 9 heteroatoms. The number of pyridine rings is 1. The van der Waals surface area contributed by atoms with E-state index in [-0.39, 0.29) is 0 Å². The van der Waals surface area contributed by atoms with Crippen LogP contribution in [0.2, 0.25) is 0 Å². The van der Waals surface area contributed by atoms with Gasteiger partial charge in [0.05, 0.1) is 34.2 Å². The van der Waals surface area contributed by atoms with Crippen molar-refractivity contribution in [3.05, 3.63) is 85.2 Å². The Kier molecular flexibility index (Phi) is 4.96. The predicted molar refractivity (Wildman–Crippen MR) is 140 cm³/mol. The largest absolute Gasteiger partial charge is 0.366 e. The maximum atomic E-state index is 12.3. The number of carbonyl (C=O) groups is 1. The number of primary amides is 1. The van der Waals surface area contributed by atoms with Gasteiger partial charge in [-0.25, -0.2) is 0 Å². The van der Waals surface area contributed by atoms with E-state index in [9.17, 15) is 4.79 Å². The number of anilines is 2. The lowest BCUT2D eigenvalue weighted by molar-refractivity contribution is 0.100. The summed E-state index contributed by atoms with van der Waals surface area (Å²) in [6, 6.07) is 13.9. The predicted octanol–water partition coefficient (Wildman–Crippen LogP) is 4.43. The van der Waals surface area contributed by atoms with Crippen molar-refractivity contribution in [3.63, 3.8) is 0 Å². The Morgan fingerprint density at radius 2 is 1.81 bits per heavy atom. The number of nitrogens with two attached hydrogens (primary N) is 1. The summed E-state index contributed by atoms with van der Waals surface area (Å²) in [4.78, 5) is 26.0. The summed E-state index contributed by atoms with van der Waals surface area (Å²) < 4.78 is 3.77. The van der Waals surface area contributed by atoms with Crippen LogP contribution in [0.3, 0.4) is 0 Å². The number of nitrogens with zero attached hydrogens (tertiary/aromatic N) is 6. The third kappa shape index (κ3) is 3.63. The van der Waals surface area contributed by atoms with E-state index < -0.39 is 5.91 Å². The lowest BCUT2D eigenvalue weighted by Gasteiger charge is -2.16. The fourth-order valence-electron chi connectivity index (χ4n) is 4.50. The first-order valence-electron chi connectivity index (χ1n) is 11.3. The van der Waals surface area contributed by atoms with Crippen LogP contribution in [0.15, 0.2) is 79.6 Å².